The van der Waals surface area contributed by atoms with E-state index in [-0.39, 0.29) is 12.5 Å². The summed E-state index contributed by atoms with van der Waals surface area (Å²) >= 11 is 0. The van der Waals surface area contributed by atoms with E-state index in [4.69, 9.17) is 0 Å². The van der Waals surface area contributed by atoms with Crippen LogP contribution in [-0.2, 0) is 0 Å². The molecule has 0 bridgehead atoms. The molecule has 2 rings (SSSR count). The van der Waals surface area contributed by atoms with Crippen molar-refractivity contribution in [3.8, 4) is 0 Å². The molecule has 1 heterocycles. The third-order valence-corrected chi connectivity index (χ3v) is 4.34. The summed E-state index contributed by atoms with van der Waals surface area (Å²) in [5.74, 6) is -0.100. The van der Waals surface area contributed by atoms with Crippen LogP contribution in [0, 0.1) is 0 Å². The van der Waals surface area contributed by atoms with Gasteiger partial charge in [0.1, 0.15) is 6.10 Å². The van der Waals surface area contributed by atoms with E-state index in [9.17, 15) is 15.0 Å². The number of aliphatic hydroxyl groups is 2. The van der Waals surface area contributed by atoms with Crippen molar-refractivity contribution in [3.63, 3.8) is 0 Å². The molecule has 1 aliphatic heterocycles. The standard InChI is InChI=1S/C16H24N2O3/c1-4-16(21)9-10-18(11-14(16)19)15(20)12-7-5-6-8-13(12)17(2)3/h5-8,14,19,21H,4,9-11H2,1-3H3/t14-,16-/m1/s1. The molecule has 1 fully saturated rings. The lowest BCUT2D eigenvalue weighted by Gasteiger charge is -2.41. The Hall–Kier alpha value is -1.59. The minimum absolute atomic E-state index is 0.100. The smallest absolute Gasteiger partial charge is 0.256 e. The second-order valence-corrected chi connectivity index (χ2v) is 5.89. The lowest BCUT2D eigenvalue weighted by Crippen LogP contribution is -2.56. The van der Waals surface area contributed by atoms with Crippen molar-refractivity contribution >= 4 is 11.6 Å². The maximum absolute atomic E-state index is 12.7. The maximum atomic E-state index is 12.7. The van der Waals surface area contributed by atoms with Crippen molar-refractivity contribution in [3.05, 3.63) is 29.8 Å². The Morgan fingerprint density at radius 1 is 1.43 bits per heavy atom. The molecule has 1 aromatic rings. The lowest BCUT2D eigenvalue weighted by molar-refractivity contribution is -0.114. The number of amides is 1. The van der Waals surface area contributed by atoms with E-state index in [0.717, 1.165) is 5.69 Å². The molecule has 0 radical (unpaired) electrons. The van der Waals surface area contributed by atoms with Crippen LogP contribution in [0.2, 0.25) is 0 Å². The Labute approximate surface area is 125 Å². The Balaban J connectivity index is 2.19. The summed E-state index contributed by atoms with van der Waals surface area (Å²) in [5, 5.41) is 20.4. The monoisotopic (exact) mass is 292 g/mol. The molecule has 0 unspecified atom stereocenters. The molecular weight excluding hydrogens is 268 g/mol. The summed E-state index contributed by atoms with van der Waals surface area (Å²) in [6.45, 7) is 2.48. The van der Waals surface area contributed by atoms with E-state index in [1.54, 1.807) is 11.0 Å². The van der Waals surface area contributed by atoms with Crippen LogP contribution in [0.1, 0.15) is 30.1 Å². The molecule has 2 atom stereocenters. The van der Waals surface area contributed by atoms with Gasteiger partial charge in [-0.2, -0.15) is 0 Å². The number of aliphatic hydroxyl groups excluding tert-OH is 1. The number of hydrogen-bond donors (Lipinski definition) is 2. The normalized spacial score (nSPS) is 25.8. The van der Waals surface area contributed by atoms with Gasteiger partial charge in [-0.3, -0.25) is 4.79 Å². The van der Waals surface area contributed by atoms with Gasteiger partial charge < -0.3 is 20.0 Å². The Morgan fingerprint density at radius 3 is 2.67 bits per heavy atom. The lowest BCUT2D eigenvalue weighted by atomic mass is 9.86. The minimum atomic E-state index is -1.07. The number of benzene rings is 1. The van der Waals surface area contributed by atoms with Crippen LogP contribution in [0.3, 0.4) is 0 Å². The Kier molecular flexibility index (Phi) is 4.54. The van der Waals surface area contributed by atoms with Crippen molar-refractivity contribution in [2.24, 2.45) is 0 Å². The molecule has 0 spiro atoms. The second-order valence-electron chi connectivity index (χ2n) is 5.89. The van der Waals surface area contributed by atoms with E-state index >= 15 is 0 Å². The van der Waals surface area contributed by atoms with Gasteiger partial charge in [-0.05, 0) is 25.0 Å². The molecular formula is C16H24N2O3. The third-order valence-electron chi connectivity index (χ3n) is 4.34. The number of piperidine rings is 1. The van der Waals surface area contributed by atoms with Crippen LogP contribution in [0.4, 0.5) is 5.69 Å². The van der Waals surface area contributed by atoms with Crippen LogP contribution in [0.25, 0.3) is 0 Å². The number of anilines is 1. The Bertz CT molecular complexity index is 518. The van der Waals surface area contributed by atoms with Crippen molar-refractivity contribution in [1.82, 2.24) is 4.90 Å². The highest BCUT2D eigenvalue weighted by Crippen LogP contribution is 2.28. The fourth-order valence-electron chi connectivity index (χ4n) is 2.78. The van der Waals surface area contributed by atoms with Gasteiger partial charge in [0, 0.05) is 32.9 Å². The zero-order valence-electron chi connectivity index (χ0n) is 12.9. The average Bonchev–Trinajstić information content (AvgIpc) is 2.49. The fraction of sp³-hybridized carbons (Fsp3) is 0.562. The summed E-state index contributed by atoms with van der Waals surface area (Å²) in [6.07, 6.45) is -0.00269. The van der Waals surface area contributed by atoms with Gasteiger partial charge in [-0.25, -0.2) is 0 Å². The maximum Gasteiger partial charge on any atom is 0.256 e. The molecule has 116 valence electrons. The number of likely N-dealkylation sites (tertiary alicyclic amines) is 1. The average molecular weight is 292 g/mol. The summed E-state index contributed by atoms with van der Waals surface area (Å²) < 4.78 is 0. The molecule has 0 saturated carbocycles. The molecule has 1 saturated heterocycles. The van der Waals surface area contributed by atoms with Gasteiger partial charge in [0.2, 0.25) is 0 Å². The van der Waals surface area contributed by atoms with E-state index < -0.39 is 11.7 Å². The molecule has 2 N–H and O–H groups in total. The van der Waals surface area contributed by atoms with Gasteiger partial charge in [-0.15, -0.1) is 0 Å². The highest BCUT2D eigenvalue weighted by atomic mass is 16.3. The first-order valence-electron chi connectivity index (χ1n) is 7.35. The van der Waals surface area contributed by atoms with E-state index in [1.807, 2.05) is 44.1 Å². The van der Waals surface area contributed by atoms with Gasteiger partial charge in [-0.1, -0.05) is 19.1 Å². The molecule has 1 aromatic carbocycles. The van der Waals surface area contributed by atoms with E-state index in [1.165, 1.54) is 0 Å². The van der Waals surface area contributed by atoms with Crippen LogP contribution in [-0.4, -0.2) is 59.9 Å². The predicted octanol–water partition coefficient (Wildman–Crippen LogP) is 1.10. The van der Waals surface area contributed by atoms with Crippen molar-refractivity contribution in [2.45, 2.75) is 31.5 Å². The van der Waals surface area contributed by atoms with Crippen LogP contribution < -0.4 is 4.90 Å². The summed E-state index contributed by atoms with van der Waals surface area (Å²) in [5.41, 5.74) is 0.405. The topological polar surface area (TPSA) is 64.0 Å². The summed E-state index contributed by atoms with van der Waals surface area (Å²) in [4.78, 5) is 16.2. The van der Waals surface area contributed by atoms with Crippen molar-refractivity contribution in [1.29, 1.82) is 0 Å². The van der Waals surface area contributed by atoms with Gasteiger partial charge >= 0.3 is 0 Å². The minimum Gasteiger partial charge on any atom is -0.388 e. The van der Waals surface area contributed by atoms with Gasteiger partial charge in [0.15, 0.2) is 0 Å². The largest absolute Gasteiger partial charge is 0.388 e. The molecule has 5 nitrogen and oxygen atoms in total. The van der Waals surface area contributed by atoms with Gasteiger partial charge in [0.05, 0.1) is 11.2 Å². The fourth-order valence-corrected chi connectivity index (χ4v) is 2.78. The summed E-state index contributed by atoms with van der Waals surface area (Å²) in [6, 6.07) is 7.43. The molecule has 5 heteroatoms. The van der Waals surface area contributed by atoms with Crippen LogP contribution in [0.5, 0.6) is 0 Å². The first-order valence-corrected chi connectivity index (χ1v) is 7.35. The Morgan fingerprint density at radius 2 is 2.10 bits per heavy atom. The number of β-amino-alcohol motifs (C(OH)–C–C–N with tert-alkyl or cyclic N) is 1. The zero-order chi connectivity index (χ0) is 15.6. The first kappa shape index (κ1) is 15.8. The molecule has 1 amide bonds. The SMILES string of the molecule is CC[C@@]1(O)CCN(C(=O)c2ccccc2N(C)C)C[C@H]1O. The third kappa shape index (κ3) is 3.04. The van der Waals surface area contributed by atoms with Crippen molar-refractivity contribution in [2.75, 3.05) is 32.1 Å². The van der Waals surface area contributed by atoms with Gasteiger partial charge in [0.25, 0.3) is 5.91 Å². The number of hydrogen-bond acceptors (Lipinski definition) is 4. The van der Waals surface area contributed by atoms with Crippen molar-refractivity contribution < 1.29 is 15.0 Å². The summed E-state index contributed by atoms with van der Waals surface area (Å²) in [7, 11) is 3.79. The number of nitrogens with zero attached hydrogens (tertiary/aromatic N) is 2. The van der Waals surface area contributed by atoms with Crippen LogP contribution in [0.15, 0.2) is 24.3 Å². The predicted molar refractivity (Wildman–Crippen MR) is 82.5 cm³/mol. The molecule has 0 aliphatic carbocycles. The number of carbonyl (C=O) groups is 1. The molecule has 0 aromatic heterocycles. The number of carbonyl (C=O) groups excluding carboxylic acids is 1. The highest BCUT2D eigenvalue weighted by Gasteiger charge is 2.40. The van der Waals surface area contributed by atoms with E-state index in [0.29, 0.717) is 24.9 Å². The molecule has 1 aliphatic rings. The second kappa shape index (κ2) is 6.03. The molecule has 21 heavy (non-hydrogen) atoms. The van der Waals surface area contributed by atoms with Crippen LogP contribution >= 0.6 is 0 Å². The number of rotatable bonds is 3. The van der Waals surface area contributed by atoms with E-state index in [2.05, 4.69) is 0 Å². The zero-order valence-corrected chi connectivity index (χ0v) is 12.9. The quantitative estimate of drug-likeness (QED) is 0.876. The first-order chi connectivity index (χ1) is 9.89. The number of para-hydroxylation sites is 1. The highest BCUT2D eigenvalue weighted by molar-refractivity contribution is 5.99.